The predicted octanol–water partition coefficient (Wildman–Crippen LogP) is 1.74. The van der Waals surface area contributed by atoms with E-state index in [2.05, 4.69) is 14.8 Å². The topological polar surface area (TPSA) is 41.7 Å². The number of aromatic nitrogens is 1. The minimum Gasteiger partial charge on any atom is -0.464 e. The van der Waals surface area contributed by atoms with E-state index < -0.39 is 0 Å². The molecule has 0 amide bonds. The Morgan fingerprint density at radius 3 is 2.95 bits per heavy atom. The van der Waals surface area contributed by atoms with Gasteiger partial charge in [-0.3, -0.25) is 4.90 Å². The third-order valence-electron chi connectivity index (χ3n) is 4.38. The van der Waals surface area contributed by atoms with E-state index in [4.69, 9.17) is 9.15 Å². The Labute approximate surface area is 118 Å². The number of fused-ring (bicyclic) bond motifs is 1. The van der Waals surface area contributed by atoms with Crippen molar-refractivity contribution in [2.75, 3.05) is 44.3 Å². The molecule has 1 unspecified atom stereocenters. The summed E-state index contributed by atoms with van der Waals surface area (Å²) in [6.45, 7) is 5.97. The first kappa shape index (κ1) is 12.2. The Kier molecular flexibility index (Phi) is 3.09. The molecule has 2 aromatic heterocycles. The molecule has 106 valence electrons. The first-order valence-electron chi connectivity index (χ1n) is 7.31. The average molecular weight is 273 g/mol. The van der Waals surface area contributed by atoms with Crippen molar-refractivity contribution in [1.82, 2.24) is 9.88 Å². The molecule has 2 saturated heterocycles. The van der Waals surface area contributed by atoms with Crippen LogP contribution in [0.3, 0.4) is 0 Å². The van der Waals surface area contributed by atoms with Crippen LogP contribution >= 0.6 is 0 Å². The van der Waals surface area contributed by atoms with Gasteiger partial charge >= 0.3 is 0 Å². The van der Waals surface area contributed by atoms with Crippen LogP contribution in [-0.4, -0.2) is 55.3 Å². The number of hydrogen-bond donors (Lipinski definition) is 0. The summed E-state index contributed by atoms with van der Waals surface area (Å²) in [5, 5.41) is 1.12. The Morgan fingerprint density at radius 2 is 2.05 bits per heavy atom. The van der Waals surface area contributed by atoms with Gasteiger partial charge in [0.2, 0.25) is 0 Å². The minimum atomic E-state index is 0.628. The standard InChI is InChI=1S/C15H19N3O2/c1-4-16-15(13-3-8-20-14(1)13)18-5-2-12(11-18)17-6-9-19-10-7-17/h1,3-4,8,12H,2,5-7,9-11H2. The minimum absolute atomic E-state index is 0.628. The van der Waals surface area contributed by atoms with Gasteiger partial charge in [-0.1, -0.05) is 0 Å². The second-order valence-corrected chi connectivity index (χ2v) is 5.50. The molecule has 1 atom stereocenters. The summed E-state index contributed by atoms with van der Waals surface area (Å²) < 4.78 is 10.9. The zero-order valence-corrected chi connectivity index (χ0v) is 11.5. The largest absolute Gasteiger partial charge is 0.464 e. The van der Waals surface area contributed by atoms with Crippen LogP contribution < -0.4 is 4.90 Å². The lowest BCUT2D eigenvalue weighted by Gasteiger charge is -2.32. The molecule has 0 N–H and O–H groups in total. The van der Waals surface area contributed by atoms with E-state index in [-0.39, 0.29) is 0 Å². The van der Waals surface area contributed by atoms with E-state index in [9.17, 15) is 0 Å². The van der Waals surface area contributed by atoms with Crippen molar-refractivity contribution >= 4 is 16.8 Å². The third-order valence-corrected chi connectivity index (χ3v) is 4.38. The Hall–Kier alpha value is -1.59. The fourth-order valence-electron chi connectivity index (χ4n) is 3.31. The lowest BCUT2D eigenvalue weighted by Crippen LogP contribution is -2.44. The Balaban J connectivity index is 1.54. The number of pyridine rings is 1. The molecule has 0 aromatic carbocycles. The molecule has 20 heavy (non-hydrogen) atoms. The summed E-state index contributed by atoms with van der Waals surface area (Å²) in [6.07, 6.45) is 4.78. The smallest absolute Gasteiger partial charge is 0.139 e. The van der Waals surface area contributed by atoms with Gasteiger partial charge in [-0.2, -0.15) is 0 Å². The van der Waals surface area contributed by atoms with Crippen LogP contribution in [0.4, 0.5) is 5.82 Å². The van der Waals surface area contributed by atoms with Gasteiger partial charge in [-0.25, -0.2) is 4.98 Å². The van der Waals surface area contributed by atoms with E-state index in [1.165, 1.54) is 6.42 Å². The summed E-state index contributed by atoms with van der Waals surface area (Å²) in [4.78, 5) is 9.50. The van der Waals surface area contributed by atoms with Crippen LogP contribution in [-0.2, 0) is 4.74 Å². The SMILES string of the molecule is c1cc2occc2c(N2CCC(N3CCOCC3)C2)n1. The highest BCUT2D eigenvalue weighted by molar-refractivity contribution is 5.88. The van der Waals surface area contributed by atoms with Gasteiger partial charge in [0.05, 0.1) is 24.9 Å². The number of hydrogen-bond acceptors (Lipinski definition) is 5. The molecule has 0 radical (unpaired) electrons. The van der Waals surface area contributed by atoms with Crippen LogP contribution in [0.15, 0.2) is 29.0 Å². The van der Waals surface area contributed by atoms with Gasteiger partial charge in [0, 0.05) is 38.4 Å². The predicted molar refractivity (Wildman–Crippen MR) is 77.0 cm³/mol. The van der Waals surface area contributed by atoms with Gasteiger partial charge < -0.3 is 14.1 Å². The summed E-state index contributed by atoms with van der Waals surface area (Å²) in [7, 11) is 0. The van der Waals surface area contributed by atoms with Crippen LogP contribution in [0.25, 0.3) is 11.0 Å². The Bertz CT molecular complexity index is 592. The fraction of sp³-hybridized carbons (Fsp3) is 0.533. The highest BCUT2D eigenvalue weighted by Crippen LogP contribution is 2.29. The summed E-state index contributed by atoms with van der Waals surface area (Å²) in [5.41, 5.74) is 0.921. The van der Waals surface area contributed by atoms with Crippen LogP contribution in [0, 0.1) is 0 Å². The molecule has 4 rings (SSSR count). The van der Waals surface area contributed by atoms with Crippen LogP contribution in [0.2, 0.25) is 0 Å². The van der Waals surface area contributed by atoms with Crippen molar-refractivity contribution in [3.05, 3.63) is 24.6 Å². The molecular weight excluding hydrogens is 254 g/mol. The molecule has 2 aromatic rings. The number of furan rings is 1. The number of ether oxygens (including phenoxy) is 1. The second-order valence-electron chi connectivity index (χ2n) is 5.50. The van der Waals surface area contributed by atoms with E-state index >= 15 is 0 Å². The number of morpholine rings is 1. The van der Waals surface area contributed by atoms with Crippen LogP contribution in [0.5, 0.6) is 0 Å². The molecule has 5 nitrogen and oxygen atoms in total. The summed E-state index contributed by atoms with van der Waals surface area (Å²) in [5.74, 6) is 1.06. The molecule has 5 heteroatoms. The van der Waals surface area contributed by atoms with Gasteiger partial charge in [0.15, 0.2) is 0 Å². The monoisotopic (exact) mass is 273 g/mol. The molecule has 0 spiro atoms. The van der Waals surface area contributed by atoms with Crippen molar-refractivity contribution in [3.8, 4) is 0 Å². The maximum Gasteiger partial charge on any atom is 0.139 e. The average Bonchev–Trinajstić information content (AvgIpc) is 3.17. The molecule has 2 fully saturated rings. The Morgan fingerprint density at radius 1 is 1.15 bits per heavy atom. The quantitative estimate of drug-likeness (QED) is 0.833. The first-order valence-corrected chi connectivity index (χ1v) is 7.31. The van der Waals surface area contributed by atoms with E-state index in [0.29, 0.717) is 6.04 Å². The molecule has 2 aliphatic heterocycles. The second kappa shape index (κ2) is 5.07. The zero-order valence-electron chi connectivity index (χ0n) is 11.5. The lowest BCUT2D eigenvalue weighted by molar-refractivity contribution is 0.0209. The van der Waals surface area contributed by atoms with E-state index in [0.717, 1.165) is 56.2 Å². The maximum atomic E-state index is 5.47. The lowest BCUT2D eigenvalue weighted by atomic mass is 10.2. The summed E-state index contributed by atoms with van der Waals surface area (Å²) >= 11 is 0. The third kappa shape index (κ3) is 2.07. The first-order chi connectivity index (χ1) is 9.92. The van der Waals surface area contributed by atoms with Crippen molar-refractivity contribution in [3.63, 3.8) is 0 Å². The van der Waals surface area contributed by atoms with Gasteiger partial charge in [-0.05, 0) is 18.6 Å². The fourth-order valence-corrected chi connectivity index (χ4v) is 3.31. The van der Waals surface area contributed by atoms with Crippen molar-refractivity contribution < 1.29 is 9.15 Å². The van der Waals surface area contributed by atoms with Gasteiger partial charge in [0.25, 0.3) is 0 Å². The molecule has 4 heterocycles. The molecule has 0 bridgehead atoms. The van der Waals surface area contributed by atoms with E-state index in [1.54, 1.807) is 6.26 Å². The number of anilines is 1. The van der Waals surface area contributed by atoms with Crippen molar-refractivity contribution in [2.24, 2.45) is 0 Å². The highest BCUT2D eigenvalue weighted by atomic mass is 16.5. The summed E-state index contributed by atoms with van der Waals surface area (Å²) in [6, 6.07) is 4.57. The zero-order chi connectivity index (χ0) is 13.4. The maximum absolute atomic E-state index is 5.47. The van der Waals surface area contributed by atoms with E-state index in [1.807, 2.05) is 18.3 Å². The molecule has 0 saturated carbocycles. The van der Waals surface area contributed by atoms with Crippen molar-refractivity contribution in [2.45, 2.75) is 12.5 Å². The van der Waals surface area contributed by atoms with Gasteiger partial charge in [-0.15, -0.1) is 0 Å². The van der Waals surface area contributed by atoms with Crippen molar-refractivity contribution in [1.29, 1.82) is 0 Å². The van der Waals surface area contributed by atoms with Gasteiger partial charge in [0.1, 0.15) is 11.4 Å². The highest BCUT2D eigenvalue weighted by Gasteiger charge is 2.30. The van der Waals surface area contributed by atoms with Crippen LogP contribution in [0.1, 0.15) is 6.42 Å². The number of nitrogens with zero attached hydrogens (tertiary/aromatic N) is 3. The molecule has 0 aliphatic carbocycles. The molecular formula is C15H19N3O2. The normalized spacial score (nSPS) is 24.6. The molecule has 2 aliphatic rings. The number of rotatable bonds is 2.